The molecule has 2 aromatic carbocycles. The number of phenolic OH excluding ortho intramolecular Hbond substituents is 4. The van der Waals surface area contributed by atoms with Crippen LogP contribution in [0.1, 0.15) is 24.2 Å². The van der Waals surface area contributed by atoms with Crippen molar-refractivity contribution in [2.75, 3.05) is 6.61 Å². The topological polar surface area (TPSA) is 269 Å². The second-order valence-electron chi connectivity index (χ2n) is 10.8. The van der Waals surface area contributed by atoms with Gasteiger partial charge in [0.1, 0.15) is 60.0 Å². The van der Waals surface area contributed by atoms with Gasteiger partial charge in [0.05, 0.1) is 18.8 Å². The van der Waals surface area contributed by atoms with Crippen molar-refractivity contribution in [3.8, 4) is 34.5 Å². The average molecular weight is 615 g/mol. The molecule has 11 N–H and O–H groups in total. The van der Waals surface area contributed by atoms with E-state index in [9.17, 15) is 56.2 Å². The average Bonchev–Trinajstić information content (AvgIpc) is 2.95. The summed E-state index contributed by atoms with van der Waals surface area (Å²) in [6.07, 6.45) is -18.0. The quantitative estimate of drug-likeness (QED) is 0.162. The van der Waals surface area contributed by atoms with Gasteiger partial charge in [-0.2, -0.15) is 0 Å². The molecule has 16 heteroatoms. The van der Waals surface area contributed by atoms with E-state index < -0.39 is 97.5 Å². The smallest absolute Gasteiger partial charge is 0.229 e. The van der Waals surface area contributed by atoms with Crippen molar-refractivity contribution in [3.63, 3.8) is 0 Å². The number of aliphatic hydroxyl groups excluding tert-OH is 7. The highest BCUT2D eigenvalue weighted by Crippen LogP contribution is 2.45. The van der Waals surface area contributed by atoms with Gasteiger partial charge in [-0.15, -0.1) is 0 Å². The molecule has 43 heavy (non-hydrogen) atoms. The van der Waals surface area contributed by atoms with Crippen LogP contribution in [0.15, 0.2) is 24.3 Å². The Balaban J connectivity index is 1.30. The summed E-state index contributed by atoms with van der Waals surface area (Å²) < 4.78 is 27.5. The van der Waals surface area contributed by atoms with E-state index in [1.54, 1.807) is 0 Å². The van der Waals surface area contributed by atoms with Gasteiger partial charge in [-0.3, -0.25) is 0 Å². The molecule has 0 bridgehead atoms. The first-order valence-corrected chi connectivity index (χ1v) is 13.4. The minimum atomic E-state index is -1.88. The number of ether oxygens (including phenoxy) is 5. The third kappa shape index (κ3) is 5.99. The van der Waals surface area contributed by atoms with E-state index in [4.69, 9.17) is 23.7 Å². The fourth-order valence-electron chi connectivity index (χ4n) is 5.26. The first kappa shape index (κ1) is 31.3. The van der Waals surface area contributed by atoms with Crippen molar-refractivity contribution in [3.05, 3.63) is 35.4 Å². The van der Waals surface area contributed by atoms with Crippen molar-refractivity contribution in [1.29, 1.82) is 0 Å². The molecule has 0 unspecified atom stereocenters. The van der Waals surface area contributed by atoms with E-state index >= 15 is 0 Å². The van der Waals surface area contributed by atoms with Crippen molar-refractivity contribution >= 4 is 0 Å². The number of phenols is 4. The number of rotatable bonds is 6. The molecule has 0 radical (unpaired) electrons. The molecule has 238 valence electrons. The van der Waals surface area contributed by atoms with Crippen LogP contribution >= 0.6 is 0 Å². The van der Waals surface area contributed by atoms with Crippen LogP contribution in [0.5, 0.6) is 34.5 Å². The molecule has 12 atom stereocenters. The lowest BCUT2D eigenvalue weighted by Crippen LogP contribution is -2.61. The minimum absolute atomic E-state index is 0.0704. The van der Waals surface area contributed by atoms with Crippen LogP contribution in [0, 0.1) is 0 Å². The Morgan fingerprint density at radius 3 is 2.02 bits per heavy atom. The maximum Gasteiger partial charge on any atom is 0.229 e. The van der Waals surface area contributed by atoms with Gasteiger partial charge >= 0.3 is 0 Å². The lowest BCUT2D eigenvalue weighted by molar-refractivity contribution is -0.318. The molecule has 2 saturated heterocycles. The number of hydrogen-bond donors (Lipinski definition) is 11. The lowest BCUT2D eigenvalue weighted by atomic mass is 9.93. The molecule has 5 rings (SSSR count). The zero-order valence-electron chi connectivity index (χ0n) is 22.6. The van der Waals surface area contributed by atoms with Crippen molar-refractivity contribution in [2.24, 2.45) is 0 Å². The van der Waals surface area contributed by atoms with Gasteiger partial charge in [0.15, 0.2) is 23.9 Å². The molecule has 16 nitrogen and oxygen atoms in total. The third-order valence-electron chi connectivity index (χ3n) is 7.72. The van der Waals surface area contributed by atoms with Crippen LogP contribution in [0.2, 0.25) is 0 Å². The van der Waals surface area contributed by atoms with Crippen LogP contribution in [0.4, 0.5) is 0 Å². The second kappa shape index (κ2) is 12.1. The monoisotopic (exact) mass is 614 g/mol. The van der Waals surface area contributed by atoms with Crippen molar-refractivity contribution in [2.45, 2.75) is 87.0 Å². The summed E-state index contributed by atoms with van der Waals surface area (Å²) in [7, 11) is 0. The summed E-state index contributed by atoms with van der Waals surface area (Å²) in [4.78, 5) is 0. The Bertz CT molecular complexity index is 1280. The first-order chi connectivity index (χ1) is 20.3. The van der Waals surface area contributed by atoms with Gasteiger partial charge in [-0.05, 0) is 19.1 Å². The Kier molecular flexibility index (Phi) is 8.79. The molecule has 2 fully saturated rings. The highest BCUT2D eigenvalue weighted by atomic mass is 16.7. The Hall–Kier alpha value is -3.16. The summed E-state index contributed by atoms with van der Waals surface area (Å²) >= 11 is 0. The minimum Gasteiger partial charge on any atom is -0.508 e. The Morgan fingerprint density at radius 2 is 1.35 bits per heavy atom. The standard InChI is InChI=1S/C27H34O16/c1-8-18(33)20(35)22(37)26(40-8)39-7-17-19(34)21(36)23(38)27(42-17)43-25-13(30)2-9(3-14(25)31)24-15(32)6-11-12(29)4-10(28)5-16(11)41-24/h2-5,8,15,17-24,26-38H,6-7H2,1H3/t8-,15-,17-,18+,19-,20+,21+,22-,23-,24-,26+,27+/m1/s1. The summed E-state index contributed by atoms with van der Waals surface area (Å²) in [5.41, 5.74) is 0.341. The van der Waals surface area contributed by atoms with Crippen LogP contribution in [0.25, 0.3) is 0 Å². The Morgan fingerprint density at radius 1 is 0.721 bits per heavy atom. The molecule has 3 aliphatic rings. The molecule has 0 amide bonds. The van der Waals surface area contributed by atoms with Gasteiger partial charge < -0.3 is 79.9 Å². The molecule has 0 aliphatic carbocycles. The molecule has 0 aromatic heterocycles. The van der Waals surface area contributed by atoms with E-state index in [0.29, 0.717) is 0 Å². The van der Waals surface area contributed by atoms with Gasteiger partial charge in [0.2, 0.25) is 12.0 Å². The zero-order valence-corrected chi connectivity index (χ0v) is 22.6. The predicted octanol–water partition coefficient (Wildman–Crippen LogP) is -2.42. The SMILES string of the molecule is C[C@H]1O[C@H](OC[C@H]2O[C@@H](Oc3c(O)cc([C@H]4Oc5cc(O)cc(O)c5C[C@H]4O)cc3O)[C@H](O)[C@@H](O)[C@@H]2O)[C@H](O)[C@@H](O)[C@H]1O. The van der Waals surface area contributed by atoms with E-state index in [2.05, 4.69) is 0 Å². The van der Waals surface area contributed by atoms with Crippen LogP contribution in [0.3, 0.4) is 0 Å². The number of aliphatic hydroxyl groups is 7. The fraction of sp³-hybridized carbons (Fsp3) is 0.556. The third-order valence-corrected chi connectivity index (χ3v) is 7.72. The maximum atomic E-state index is 10.7. The summed E-state index contributed by atoms with van der Waals surface area (Å²) in [5.74, 6) is -2.43. The van der Waals surface area contributed by atoms with Crippen molar-refractivity contribution < 1.29 is 79.9 Å². The van der Waals surface area contributed by atoms with E-state index in [-0.39, 0.29) is 34.8 Å². The lowest BCUT2D eigenvalue weighted by Gasteiger charge is -2.42. The predicted molar refractivity (Wildman–Crippen MR) is 138 cm³/mol. The van der Waals surface area contributed by atoms with Gasteiger partial charge in [0, 0.05) is 29.7 Å². The fourth-order valence-corrected chi connectivity index (χ4v) is 5.26. The summed E-state index contributed by atoms with van der Waals surface area (Å²) in [5, 5.41) is 113. The molecule has 3 aliphatic heterocycles. The normalized spacial score (nSPS) is 37.8. The van der Waals surface area contributed by atoms with E-state index in [0.717, 1.165) is 18.2 Å². The van der Waals surface area contributed by atoms with E-state index in [1.807, 2.05) is 0 Å². The second-order valence-corrected chi connectivity index (χ2v) is 10.8. The zero-order chi connectivity index (χ0) is 31.3. The van der Waals surface area contributed by atoms with Gasteiger partial charge in [-0.1, -0.05) is 0 Å². The maximum absolute atomic E-state index is 10.7. The largest absolute Gasteiger partial charge is 0.508 e. The molecule has 0 spiro atoms. The number of benzene rings is 2. The number of fused-ring (bicyclic) bond motifs is 1. The van der Waals surface area contributed by atoms with Crippen LogP contribution < -0.4 is 9.47 Å². The molecular formula is C27H34O16. The highest BCUT2D eigenvalue weighted by Gasteiger charge is 2.47. The molecule has 2 aromatic rings. The van der Waals surface area contributed by atoms with E-state index in [1.165, 1.54) is 13.0 Å². The van der Waals surface area contributed by atoms with Crippen LogP contribution in [-0.4, -0.2) is 130 Å². The number of aromatic hydroxyl groups is 4. The first-order valence-electron chi connectivity index (χ1n) is 13.4. The van der Waals surface area contributed by atoms with Crippen LogP contribution in [-0.2, 0) is 20.6 Å². The molecular weight excluding hydrogens is 580 g/mol. The molecule has 3 heterocycles. The number of hydrogen-bond acceptors (Lipinski definition) is 16. The Labute approximate surface area is 243 Å². The van der Waals surface area contributed by atoms with Crippen molar-refractivity contribution in [1.82, 2.24) is 0 Å². The summed E-state index contributed by atoms with van der Waals surface area (Å²) in [6.45, 7) is 0.883. The highest BCUT2D eigenvalue weighted by molar-refractivity contribution is 5.55. The summed E-state index contributed by atoms with van der Waals surface area (Å²) in [6, 6.07) is 4.53. The van der Waals surface area contributed by atoms with Gasteiger partial charge in [0.25, 0.3) is 0 Å². The molecule has 0 saturated carbocycles. The van der Waals surface area contributed by atoms with Gasteiger partial charge in [-0.25, -0.2) is 0 Å².